The molecule has 0 aliphatic carbocycles. The fourth-order valence-corrected chi connectivity index (χ4v) is 2.04. The average Bonchev–Trinajstić information content (AvgIpc) is 2.62. The van der Waals surface area contributed by atoms with Gasteiger partial charge in [0.1, 0.15) is 5.82 Å². The van der Waals surface area contributed by atoms with Gasteiger partial charge < -0.3 is 0 Å². The van der Waals surface area contributed by atoms with E-state index in [9.17, 15) is 4.39 Å². The van der Waals surface area contributed by atoms with Crippen molar-refractivity contribution >= 4 is 11.6 Å². The Kier molecular flexibility index (Phi) is 3.42. The normalized spacial score (nSPS) is 12.7. The summed E-state index contributed by atoms with van der Waals surface area (Å²) in [6, 6.07) is 5.79. The maximum Gasteiger partial charge on any atom is 0.123 e. The number of nitrogens with two attached hydrogens (primary N) is 1. The highest BCUT2D eigenvalue weighted by Crippen LogP contribution is 2.27. The Morgan fingerprint density at radius 3 is 2.82 bits per heavy atom. The smallest absolute Gasteiger partial charge is 0.123 e. The van der Waals surface area contributed by atoms with Gasteiger partial charge >= 0.3 is 0 Å². The molecule has 4 nitrogen and oxygen atoms in total. The van der Waals surface area contributed by atoms with Gasteiger partial charge in [0.25, 0.3) is 0 Å². The first kappa shape index (κ1) is 12.0. The minimum Gasteiger partial charge on any atom is -0.271 e. The van der Waals surface area contributed by atoms with Crippen molar-refractivity contribution in [3.63, 3.8) is 0 Å². The zero-order chi connectivity index (χ0) is 12.4. The summed E-state index contributed by atoms with van der Waals surface area (Å²) in [6.45, 7) is 0. The molecule has 3 N–H and O–H groups in total. The fraction of sp³-hybridized carbons (Fsp3) is 0.182. The van der Waals surface area contributed by atoms with E-state index in [0.29, 0.717) is 16.3 Å². The molecule has 0 saturated heterocycles. The summed E-state index contributed by atoms with van der Waals surface area (Å²) in [4.78, 5) is 0. The quantitative estimate of drug-likeness (QED) is 0.648. The van der Waals surface area contributed by atoms with Crippen LogP contribution in [-0.2, 0) is 7.05 Å². The summed E-state index contributed by atoms with van der Waals surface area (Å²) in [7, 11) is 1.75. The standard InChI is InChI=1S/C11H12ClFN4/c1-17-11(9(12)6-15-17)10(16-14)7-3-2-4-8(13)5-7/h2-6,10,16H,14H2,1H3. The van der Waals surface area contributed by atoms with E-state index in [-0.39, 0.29) is 5.82 Å². The van der Waals surface area contributed by atoms with Crippen molar-refractivity contribution in [2.45, 2.75) is 6.04 Å². The Labute approximate surface area is 103 Å². The van der Waals surface area contributed by atoms with Crippen molar-refractivity contribution in [1.82, 2.24) is 15.2 Å². The van der Waals surface area contributed by atoms with Crippen LogP contribution in [0.4, 0.5) is 4.39 Å². The fourth-order valence-electron chi connectivity index (χ4n) is 1.76. The molecule has 1 aromatic carbocycles. The lowest BCUT2D eigenvalue weighted by Gasteiger charge is -2.17. The first-order valence-electron chi connectivity index (χ1n) is 5.02. The summed E-state index contributed by atoms with van der Waals surface area (Å²) in [5.74, 6) is 5.19. The van der Waals surface area contributed by atoms with Crippen LogP contribution in [-0.4, -0.2) is 9.78 Å². The van der Waals surface area contributed by atoms with Crippen LogP contribution in [0.1, 0.15) is 17.3 Å². The number of nitrogens with zero attached hydrogens (tertiary/aromatic N) is 2. The van der Waals surface area contributed by atoms with Crippen molar-refractivity contribution in [2.75, 3.05) is 0 Å². The zero-order valence-corrected chi connectivity index (χ0v) is 9.95. The van der Waals surface area contributed by atoms with E-state index in [2.05, 4.69) is 10.5 Å². The lowest BCUT2D eigenvalue weighted by atomic mass is 10.0. The molecular formula is C11H12ClFN4. The second-order valence-electron chi connectivity index (χ2n) is 3.66. The third kappa shape index (κ3) is 2.31. The molecule has 1 heterocycles. The third-order valence-electron chi connectivity index (χ3n) is 2.56. The predicted molar refractivity (Wildman–Crippen MR) is 63.8 cm³/mol. The van der Waals surface area contributed by atoms with E-state index in [1.54, 1.807) is 23.9 Å². The maximum atomic E-state index is 13.2. The molecule has 0 radical (unpaired) electrons. The van der Waals surface area contributed by atoms with E-state index in [4.69, 9.17) is 17.4 Å². The van der Waals surface area contributed by atoms with E-state index >= 15 is 0 Å². The van der Waals surface area contributed by atoms with E-state index in [0.717, 1.165) is 0 Å². The Morgan fingerprint density at radius 1 is 1.53 bits per heavy atom. The molecule has 1 atom stereocenters. The van der Waals surface area contributed by atoms with Gasteiger partial charge in [0, 0.05) is 7.05 Å². The molecule has 90 valence electrons. The molecule has 2 rings (SSSR count). The molecule has 17 heavy (non-hydrogen) atoms. The van der Waals surface area contributed by atoms with Gasteiger partial charge in [-0.15, -0.1) is 0 Å². The highest BCUT2D eigenvalue weighted by molar-refractivity contribution is 6.31. The highest BCUT2D eigenvalue weighted by Gasteiger charge is 2.20. The molecular weight excluding hydrogens is 243 g/mol. The molecule has 0 bridgehead atoms. The number of nitrogens with one attached hydrogen (secondary N) is 1. The van der Waals surface area contributed by atoms with Crippen molar-refractivity contribution in [3.8, 4) is 0 Å². The van der Waals surface area contributed by atoms with Crippen LogP contribution in [0.3, 0.4) is 0 Å². The zero-order valence-electron chi connectivity index (χ0n) is 9.19. The molecule has 1 unspecified atom stereocenters. The second-order valence-corrected chi connectivity index (χ2v) is 4.06. The van der Waals surface area contributed by atoms with Crippen LogP contribution in [0.25, 0.3) is 0 Å². The van der Waals surface area contributed by atoms with Gasteiger partial charge in [0.15, 0.2) is 0 Å². The topological polar surface area (TPSA) is 55.9 Å². The van der Waals surface area contributed by atoms with Gasteiger partial charge in [-0.25, -0.2) is 9.82 Å². The van der Waals surface area contributed by atoms with E-state index < -0.39 is 6.04 Å². The SMILES string of the molecule is Cn1ncc(Cl)c1C(NN)c1cccc(F)c1. The maximum absolute atomic E-state index is 13.2. The first-order chi connectivity index (χ1) is 8.13. The molecule has 0 saturated carbocycles. The van der Waals surface area contributed by atoms with E-state index in [1.807, 2.05) is 0 Å². The molecule has 1 aromatic heterocycles. The highest BCUT2D eigenvalue weighted by atomic mass is 35.5. The Balaban J connectivity index is 2.47. The summed E-state index contributed by atoms with van der Waals surface area (Å²) in [5.41, 5.74) is 4.00. The van der Waals surface area contributed by atoms with Gasteiger partial charge in [-0.2, -0.15) is 5.10 Å². The third-order valence-corrected chi connectivity index (χ3v) is 2.85. The molecule has 0 aliphatic rings. The van der Waals surface area contributed by atoms with Crippen LogP contribution < -0.4 is 11.3 Å². The average molecular weight is 255 g/mol. The number of rotatable bonds is 3. The van der Waals surface area contributed by atoms with Crippen LogP contribution >= 0.6 is 11.6 Å². The summed E-state index contributed by atoms with van der Waals surface area (Å²) in [6.07, 6.45) is 1.53. The molecule has 0 fully saturated rings. The minimum atomic E-state index is -0.398. The Hall–Kier alpha value is -1.43. The lowest BCUT2D eigenvalue weighted by molar-refractivity contribution is 0.567. The van der Waals surface area contributed by atoms with Gasteiger partial charge in [0.05, 0.1) is 23.0 Å². The van der Waals surface area contributed by atoms with Crippen molar-refractivity contribution in [2.24, 2.45) is 12.9 Å². The molecule has 0 amide bonds. The summed E-state index contributed by atoms with van der Waals surface area (Å²) >= 11 is 6.04. The number of aryl methyl sites for hydroxylation is 1. The van der Waals surface area contributed by atoms with Crippen LogP contribution in [0.2, 0.25) is 5.02 Å². The van der Waals surface area contributed by atoms with Gasteiger partial charge in [-0.1, -0.05) is 23.7 Å². The summed E-state index contributed by atoms with van der Waals surface area (Å²) < 4.78 is 14.8. The van der Waals surface area contributed by atoms with Crippen molar-refractivity contribution in [3.05, 3.63) is 52.6 Å². The number of hydrogen-bond acceptors (Lipinski definition) is 3. The van der Waals surface area contributed by atoms with E-state index in [1.165, 1.54) is 18.3 Å². The van der Waals surface area contributed by atoms with Crippen LogP contribution in [0, 0.1) is 5.82 Å². The largest absolute Gasteiger partial charge is 0.271 e. The number of benzene rings is 1. The Morgan fingerprint density at radius 2 is 2.29 bits per heavy atom. The lowest BCUT2D eigenvalue weighted by Crippen LogP contribution is -2.30. The van der Waals surface area contributed by atoms with Crippen molar-refractivity contribution in [1.29, 1.82) is 0 Å². The van der Waals surface area contributed by atoms with Gasteiger partial charge in [0.2, 0.25) is 0 Å². The van der Waals surface area contributed by atoms with Crippen LogP contribution in [0.15, 0.2) is 30.5 Å². The monoisotopic (exact) mass is 254 g/mol. The molecule has 0 spiro atoms. The van der Waals surface area contributed by atoms with Crippen LogP contribution in [0.5, 0.6) is 0 Å². The van der Waals surface area contributed by atoms with Crippen molar-refractivity contribution < 1.29 is 4.39 Å². The molecule has 6 heteroatoms. The number of halogens is 2. The number of hydrogen-bond donors (Lipinski definition) is 2. The summed E-state index contributed by atoms with van der Waals surface area (Å²) in [5, 5.41) is 4.51. The minimum absolute atomic E-state index is 0.318. The Bertz CT molecular complexity index is 506. The molecule has 2 aromatic rings. The second kappa shape index (κ2) is 4.83. The number of hydrazine groups is 1. The van der Waals surface area contributed by atoms with Gasteiger partial charge in [-0.3, -0.25) is 10.5 Å². The first-order valence-corrected chi connectivity index (χ1v) is 5.40. The van der Waals surface area contributed by atoms with Gasteiger partial charge in [-0.05, 0) is 17.7 Å². The molecule has 0 aliphatic heterocycles. The number of aromatic nitrogens is 2. The predicted octanol–water partition coefficient (Wildman–Crippen LogP) is 1.77.